The van der Waals surface area contributed by atoms with E-state index in [1.54, 1.807) is 32.0 Å². The van der Waals surface area contributed by atoms with Crippen LogP contribution in [0.4, 0.5) is 5.69 Å². The Bertz CT molecular complexity index is 629. The summed E-state index contributed by atoms with van der Waals surface area (Å²) in [4.78, 5) is 0. The van der Waals surface area contributed by atoms with E-state index in [0.29, 0.717) is 16.6 Å². The predicted molar refractivity (Wildman–Crippen MR) is 63.6 cm³/mol. The number of hydrogen-bond acceptors (Lipinski definition) is 4. The Morgan fingerprint density at radius 1 is 1.38 bits per heavy atom. The van der Waals surface area contributed by atoms with E-state index in [0.717, 1.165) is 4.09 Å². The highest BCUT2D eigenvalue weighted by molar-refractivity contribution is 7.90. The number of nitrogen functional groups attached to an aromatic ring is 1. The van der Waals surface area contributed by atoms with Crippen LogP contribution in [0.2, 0.25) is 0 Å². The first-order valence-electron chi connectivity index (χ1n) is 4.91. The molecule has 2 aromatic rings. The maximum atomic E-state index is 12.0. The number of aromatic nitrogens is 2. The highest BCUT2D eigenvalue weighted by Crippen LogP contribution is 2.22. The summed E-state index contributed by atoms with van der Waals surface area (Å²) in [5.41, 5.74) is 6.79. The molecule has 0 bridgehead atoms. The molecule has 0 saturated carbocycles. The first-order valence-corrected chi connectivity index (χ1v) is 6.41. The third kappa shape index (κ3) is 1.46. The molecule has 16 heavy (non-hydrogen) atoms. The third-order valence-electron chi connectivity index (χ3n) is 2.45. The highest BCUT2D eigenvalue weighted by atomic mass is 32.2. The van der Waals surface area contributed by atoms with E-state index in [1.807, 2.05) is 0 Å². The lowest BCUT2D eigenvalue weighted by Gasteiger charge is -2.08. The number of fused-ring (bicyclic) bond motifs is 1. The van der Waals surface area contributed by atoms with Gasteiger partial charge in [-0.05, 0) is 26.0 Å². The maximum absolute atomic E-state index is 12.0. The molecule has 0 atom stereocenters. The molecule has 86 valence electrons. The Kier molecular flexibility index (Phi) is 2.38. The fourth-order valence-corrected chi connectivity index (χ4v) is 2.46. The molecule has 0 saturated heterocycles. The zero-order chi connectivity index (χ0) is 11.9. The molecular formula is C10H13N3O2S. The second-order valence-electron chi connectivity index (χ2n) is 3.86. The van der Waals surface area contributed by atoms with Crippen LogP contribution in [0.3, 0.4) is 0 Å². The smallest absolute Gasteiger partial charge is 0.256 e. The topological polar surface area (TPSA) is 78.0 Å². The molecule has 0 unspecified atom stereocenters. The van der Waals surface area contributed by atoms with Crippen molar-refractivity contribution >= 4 is 26.6 Å². The molecule has 1 aromatic heterocycles. The van der Waals surface area contributed by atoms with Gasteiger partial charge in [-0.3, -0.25) is 0 Å². The van der Waals surface area contributed by atoms with Gasteiger partial charge in [0.2, 0.25) is 0 Å². The Hall–Kier alpha value is -1.56. The van der Waals surface area contributed by atoms with E-state index in [-0.39, 0.29) is 0 Å². The van der Waals surface area contributed by atoms with Crippen LogP contribution in [-0.4, -0.2) is 22.9 Å². The van der Waals surface area contributed by atoms with Crippen LogP contribution in [0.15, 0.2) is 24.4 Å². The van der Waals surface area contributed by atoms with Crippen LogP contribution in [0.1, 0.15) is 13.8 Å². The number of hydrogen-bond donors (Lipinski definition) is 1. The molecule has 1 heterocycles. The van der Waals surface area contributed by atoms with E-state index in [4.69, 9.17) is 5.73 Å². The maximum Gasteiger partial charge on any atom is 0.256 e. The summed E-state index contributed by atoms with van der Waals surface area (Å²) in [5.74, 6) is 0. The minimum atomic E-state index is -3.43. The van der Waals surface area contributed by atoms with Crippen molar-refractivity contribution < 1.29 is 8.42 Å². The van der Waals surface area contributed by atoms with Crippen LogP contribution >= 0.6 is 0 Å². The molecule has 0 aliphatic rings. The minimum Gasteiger partial charge on any atom is -0.398 e. The van der Waals surface area contributed by atoms with Gasteiger partial charge in [-0.25, -0.2) is 8.42 Å². The average molecular weight is 239 g/mol. The zero-order valence-electron chi connectivity index (χ0n) is 9.08. The van der Waals surface area contributed by atoms with E-state index in [9.17, 15) is 8.42 Å². The number of nitrogens with zero attached hydrogens (tertiary/aromatic N) is 2. The van der Waals surface area contributed by atoms with Crippen LogP contribution < -0.4 is 5.73 Å². The van der Waals surface area contributed by atoms with Crippen molar-refractivity contribution in [1.82, 2.24) is 9.19 Å². The van der Waals surface area contributed by atoms with Gasteiger partial charge in [-0.2, -0.15) is 9.19 Å². The third-order valence-corrected chi connectivity index (χ3v) is 4.42. The molecule has 6 heteroatoms. The molecule has 0 fully saturated rings. The Morgan fingerprint density at radius 3 is 2.69 bits per heavy atom. The highest BCUT2D eigenvalue weighted by Gasteiger charge is 2.21. The summed E-state index contributed by atoms with van der Waals surface area (Å²) in [5, 5.41) is 4.04. The molecule has 5 nitrogen and oxygen atoms in total. The summed E-state index contributed by atoms with van der Waals surface area (Å²) < 4.78 is 25.0. The van der Waals surface area contributed by atoms with Crippen LogP contribution in [-0.2, 0) is 10.0 Å². The Morgan fingerprint density at radius 2 is 2.06 bits per heavy atom. The molecule has 0 aliphatic heterocycles. The average Bonchev–Trinajstić information content (AvgIpc) is 2.63. The van der Waals surface area contributed by atoms with Crippen molar-refractivity contribution in [2.75, 3.05) is 5.73 Å². The zero-order valence-corrected chi connectivity index (χ0v) is 9.90. The Labute approximate surface area is 93.9 Å². The molecule has 2 N–H and O–H groups in total. The van der Waals surface area contributed by atoms with Gasteiger partial charge in [-0.1, -0.05) is 6.07 Å². The van der Waals surface area contributed by atoms with E-state index in [1.165, 1.54) is 6.20 Å². The van der Waals surface area contributed by atoms with Crippen molar-refractivity contribution in [3.05, 3.63) is 24.4 Å². The standard InChI is InChI=1S/C10H13N3O2S/c1-7(2)16(14,15)13-10-5-3-4-9(11)8(10)6-12-13/h3-7H,11H2,1-2H3. The first-order chi connectivity index (χ1) is 7.44. The second-order valence-corrected chi connectivity index (χ2v) is 6.18. The van der Waals surface area contributed by atoms with Crippen LogP contribution in [0.5, 0.6) is 0 Å². The number of rotatable bonds is 2. The fourth-order valence-electron chi connectivity index (χ4n) is 1.45. The summed E-state index contributed by atoms with van der Waals surface area (Å²) in [6.45, 7) is 3.24. The fraction of sp³-hybridized carbons (Fsp3) is 0.300. The monoisotopic (exact) mass is 239 g/mol. The van der Waals surface area contributed by atoms with Crippen molar-refractivity contribution in [3.8, 4) is 0 Å². The van der Waals surface area contributed by atoms with Crippen molar-refractivity contribution in [2.24, 2.45) is 0 Å². The number of nitrogens with two attached hydrogens (primary N) is 1. The molecule has 0 aliphatic carbocycles. The van der Waals surface area contributed by atoms with Crippen molar-refractivity contribution in [1.29, 1.82) is 0 Å². The van der Waals surface area contributed by atoms with Gasteiger partial charge in [0.15, 0.2) is 0 Å². The molecule has 2 rings (SSSR count). The van der Waals surface area contributed by atoms with Gasteiger partial charge in [0.1, 0.15) is 0 Å². The van der Waals surface area contributed by atoms with Crippen LogP contribution in [0, 0.1) is 0 Å². The van der Waals surface area contributed by atoms with Crippen molar-refractivity contribution in [3.63, 3.8) is 0 Å². The number of benzene rings is 1. The molecular weight excluding hydrogens is 226 g/mol. The molecule has 0 spiro atoms. The lowest BCUT2D eigenvalue weighted by Crippen LogP contribution is -2.23. The normalized spacial score (nSPS) is 12.4. The van der Waals surface area contributed by atoms with E-state index >= 15 is 0 Å². The summed E-state index contributed by atoms with van der Waals surface area (Å²) in [7, 11) is -3.43. The lowest BCUT2D eigenvalue weighted by molar-refractivity contribution is 0.573. The van der Waals surface area contributed by atoms with Crippen LogP contribution in [0.25, 0.3) is 10.9 Å². The van der Waals surface area contributed by atoms with Gasteiger partial charge in [0.25, 0.3) is 10.0 Å². The first kappa shape index (κ1) is 10.9. The van der Waals surface area contributed by atoms with E-state index < -0.39 is 15.3 Å². The predicted octanol–water partition coefficient (Wildman–Crippen LogP) is 1.20. The largest absolute Gasteiger partial charge is 0.398 e. The number of anilines is 1. The Balaban J connectivity index is 2.78. The SMILES string of the molecule is CC(C)S(=O)(=O)n1ncc2c(N)cccc21. The van der Waals surface area contributed by atoms with Gasteiger partial charge < -0.3 is 5.73 Å². The van der Waals surface area contributed by atoms with Gasteiger partial charge in [0.05, 0.1) is 17.0 Å². The van der Waals surface area contributed by atoms with Gasteiger partial charge in [-0.15, -0.1) is 0 Å². The summed E-state index contributed by atoms with van der Waals surface area (Å²) >= 11 is 0. The molecule has 0 amide bonds. The molecule has 0 radical (unpaired) electrons. The van der Waals surface area contributed by atoms with Gasteiger partial charge >= 0.3 is 0 Å². The lowest BCUT2D eigenvalue weighted by atomic mass is 10.2. The minimum absolute atomic E-state index is 0.517. The summed E-state index contributed by atoms with van der Waals surface area (Å²) in [6, 6.07) is 5.13. The quantitative estimate of drug-likeness (QED) is 0.799. The second kappa shape index (κ2) is 3.48. The van der Waals surface area contributed by atoms with Crippen molar-refractivity contribution in [2.45, 2.75) is 19.1 Å². The van der Waals surface area contributed by atoms with Gasteiger partial charge in [0, 0.05) is 11.1 Å². The summed E-state index contributed by atoms with van der Waals surface area (Å²) in [6.07, 6.45) is 1.48. The molecule has 1 aromatic carbocycles. The van der Waals surface area contributed by atoms with E-state index in [2.05, 4.69) is 5.10 Å².